The molecule has 2 rings (SSSR count). The Hall–Kier alpha value is -1.96. The molecule has 0 spiro atoms. The summed E-state index contributed by atoms with van der Waals surface area (Å²) < 4.78 is 5.56. The van der Waals surface area contributed by atoms with E-state index in [2.05, 4.69) is 34.6 Å². The monoisotopic (exact) mass is 334 g/mol. The van der Waals surface area contributed by atoms with E-state index in [1.165, 1.54) is 5.56 Å². The van der Waals surface area contributed by atoms with Crippen LogP contribution in [-0.4, -0.2) is 55.6 Å². The molecule has 2 amide bonds. The van der Waals surface area contributed by atoms with E-state index in [0.29, 0.717) is 6.54 Å². The molecular formula is C17H26N4O3. The van der Waals surface area contributed by atoms with Crippen LogP contribution in [0.1, 0.15) is 18.1 Å². The van der Waals surface area contributed by atoms with Gasteiger partial charge in [-0.2, -0.15) is 0 Å². The van der Waals surface area contributed by atoms with E-state index in [-0.39, 0.29) is 31.0 Å². The molecule has 1 heterocycles. The van der Waals surface area contributed by atoms with Crippen molar-refractivity contribution >= 4 is 11.8 Å². The molecular weight excluding hydrogens is 308 g/mol. The maximum atomic E-state index is 11.7. The zero-order valence-corrected chi connectivity index (χ0v) is 14.1. The Kier molecular flexibility index (Phi) is 7.17. The summed E-state index contributed by atoms with van der Waals surface area (Å²) in [5.41, 5.74) is 7.42. The van der Waals surface area contributed by atoms with E-state index < -0.39 is 0 Å². The van der Waals surface area contributed by atoms with E-state index in [0.717, 1.165) is 31.8 Å². The molecule has 1 aromatic rings. The minimum absolute atomic E-state index is 0.0542. The lowest BCUT2D eigenvalue weighted by Gasteiger charge is -2.31. The fraction of sp³-hybridized carbons (Fsp3) is 0.529. The van der Waals surface area contributed by atoms with Crippen LogP contribution >= 0.6 is 0 Å². The van der Waals surface area contributed by atoms with Gasteiger partial charge in [0.2, 0.25) is 11.8 Å². The van der Waals surface area contributed by atoms with Gasteiger partial charge in [-0.15, -0.1) is 0 Å². The van der Waals surface area contributed by atoms with Gasteiger partial charge in [-0.3, -0.25) is 14.5 Å². The lowest BCUT2D eigenvalue weighted by molar-refractivity contribution is -0.125. The van der Waals surface area contributed by atoms with Crippen LogP contribution in [0, 0.1) is 0 Å². The predicted octanol–water partition coefficient (Wildman–Crippen LogP) is -0.402. The zero-order chi connectivity index (χ0) is 17.4. The summed E-state index contributed by atoms with van der Waals surface area (Å²) in [6.45, 7) is 5.87. The highest BCUT2D eigenvalue weighted by atomic mass is 16.5. The van der Waals surface area contributed by atoms with Crippen molar-refractivity contribution in [2.75, 3.05) is 32.8 Å². The average Bonchev–Trinajstić information content (AvgIpc) is 2.58. The topological polar surface area (TPSA) is 96.7 Å². The van der Waals surface area contributed by atoms with Crippen molar-refractivity contribution in [1.82, 2.24) is 15.5 Å². The second kappa shape index (κ2) is 9.36. The minimum Gasteiger partial charge on any atom is -0.376 e. The van der Waals surface area contributed by atoms with Gasteiger partial charge in [0.25, 0.3) is 0 Å². The molecule has 0 saturated carbocycles. The number of hydrogen-bond donors (Lipinski definition) is 3. The number of rotatable bonds is 7. The number of hydrogen-bond acceptors (Lipinski definition) is 5. The summed E-state index contributed by atoms with van der Waals surface area (Å²) in [6.07, 6.45) is 0.268. The summed E-state index contributed by atoms with van der Waals surface area (Å²) in [5, 5.41) is 5.23. The number of nitrogens with zero attached hydrogens (tertiary/aromatic N) is 1. The number of nitrogens with two attached hydrogens (primary N) is 1. The van der Waals surface area contributed by atoms with Crippen LogP contribution in [0.25, 0.3) is 0 Å². The average molecular weight is 334 g/mol. The molecule has 0 bridgehead atoms. The highest BCUT2D eigenvalue weighted by Crippen LogP contribution is 2.12. The highest BCUT2D eigenvalue weighted by Gasteiger charge is 2.16. The summed E-state index contributed by atoms with van der Waals surface area (Å²) >= 11 is 0. The Morgan fingerprint density at radius 3 is 2.83 bits per heavy atom. The summed E-state index contributed by atoms with van der Waals surface area (Å²) in [5.74, 6) is -0.573. The molecule has 4 N–H and O–H groups in total. The maximum Gasteiger partial charge on any atom is 0.239 e. The minimum atomic E-state index is -0.341. The van der Waals surface area contributed by atoms with Crippen molar-refractivity contribution in [3.05, 3.63) is 35.4 Å². The van der Waals surface area contributed by atoms with Gasteiger partial charge in [0, 0.05) is 26.2 Å². The molecule has 1 saturated heterocycles. The number of carbonyl (C=O) groups excluding carboxylic acids is 2. The number of amides is 2. The number of ether oxygens (including phenoxy) is 1. The lowest BCUT2D eigenvalue weighted by atomic mass is 10.1. The van der Waals surface area contributed by atoms with Crippen LogP contribution in [0.15, 0.2) is 24.3 Å². The molecule has 0 radical (unpaired) electrons. The smallest absolute Gasteiger partial charge is 0.239 e. The van der Waals surface area contributed by atoms with Gasteiger partial charge in [0.1, 0.15) is 0 Å². The first-order valence-electron chi connectivity index (χ1n) is 8.22. The first-order chi connectivity index (χ1) is 11.6. The van der Waals surface area contributed by atoms with Gasteiger partial charge in [-0.05, 0) is 18.1 Å². The molecule has 0 aromatic heterocycles. The van der Waals surface area contributed by atoms with Crippen LogP contribution in [0.3, 0.4) is 0 Å². The molecule has 1 unspecified atom stereocenters. The van der Waals surface area contributed by atoms with Crippen LogP contribution in [0.5, 0.6) is 0 Å². The molecule has 1 fully saturated rings. The molecule has 7 nitrogen and oxygen atoms in total. The van der Waals surface area contributed by atoms with Crippen LogP contribution < -0.4 is 16.4 Å². The standard InChI is InChI=1S/C17H26N4O3/c1-13-11-21(5-6-24-13)12-15-4-2-3-14(7-15)9-19-17(23)10-20-16(22)8-18/h2-4,7,13H,5-6,8-12,18H2,1H3,(H,19,23)(H,20,22). The number of morpholine rings is 1. The summed E-state index contributed by atoms with van der Waals surface area (Å²) in [6, 6.07) is 8.16. The van der Waals surface area contributed by atoms with Gasteiger partial charge in [-0.1, -0.05) is 24.3 Å². The van der Waals surface area contributed by atoms with Crippen molar-refractivity contribution in [3.8, 4) is 0 Å². The van der Waals surface area contributed by atoms with Crippen LogP contribution in [0.2, 0.25) is 0 Å². The Morgan fingerprint density at radius 1 is 1.29 bits per heavy atom. The third kappa shape index (κ3) is 6.27. The van der Waals surface area contributed by atoms with Gasteiger partial charge in [-0.25, -0.2) is 0 Å². The number of benzene rings is 1. The molecule has 1 aliphatic heterocycles. The Morgan fingerprint density at radius 2 is 2.08 bits per heavy atom. The Bertz CT molecular complexity index is 565. The van der Waals surface area contributed by atoms with E-state index in [4.69, 9.17) is 10.5 Å². The largest absolute Gasteiger partial charge is 0.376 e. The maximum absolute atomic E-state index is 11.7. The van der Waals surface area contributed by atoms with Gasteiger partial charge in [0.15, 0.2) is 0 Å². The number of carbonyl (C=O) groups is 2. The molecule has 0 aliphatic carbocycles. The zero-order valence-electron chi connectivity index (χ0n) is 14.1. The summed E-state index contributed by atoms with van der Waals surface area (Å²) in [4.78, 5) is 25.1. The molecule has 24 heavy (non-hydrogen) atoms. The first kappa shape index (κ1) is 18.4. The van der Waals surface area contributed by atoms with Crippen molar-refractivity contribution in [3.63, 3.8) is 0 Å². The molecule has 7 heteroatoms. The fourth-order valence-electron chi connectivity index (χ4n) is 2.64. The predicted molar refractivity (Wildman–Crippen MR) is 91.0 cm³/mol. The third-order valence-corrected chi connectivity index (χ3v) is 3.84. The van der Waals surface area contributed by atoms with Gasteiger partial charge in [0.05, 0.1) is 25.8 Å². The third-order valence-electron chi connectivity index (χ3n) is 3.84. The Labute approximate surface area is 142 Å². The van der Waals surface area contributed by atoms with E-state index in [9.17, 15) is 9.59 Å². The molecule has 1 atom stereocenters. The van der Waals surface area contributed by atoms with Gasteiger partial charge >= 0.3 is 0 Å². The van der Waals surface area contributed by atoms with Gasteiger partial charge < -0.3 is 21.1 Å². The quantitative estimate of drug-likeness (QED) is 0.630. The molecule has 132 valence electrons. The van der Waals surface area contributed by atoms with Crippen molar-refractivity contribution in [2.24, 2.45) is 5.73 Å². The summed E-state index contributed by atoms with van der Waals surface area (Å²) in [7, 11) is 0. The Balaban J connectivity index is 1.79. The van der Waals surface area contributed by atoms with E-state index in [1.807, 2.05) is 12.1 Å². The first-order valence-corrected chi connectivity index (χ1v) is 8.22. The van der Waals surface area contributed by atoms with Crippen molar-refractivity contribution < 1.29 is 14.3 Å². The SMILES string of the molecule is CC1CN(Cc2cccc(CNC(=O)CNC(=O)CN)c2)CCO1. The second-order valence-electron chi connectivity index (χ2n) is 5.99. The number of nitrogens with one attached hydrogen (secondary N) is 2. The highest BCUT2D eigenvalue weighted by molar-refractivity contribution is 5.85. The van der Waals surface area contributed by atoms with Crippen molar-refractivity contribution in [1.29, 1.82) is 0 Å². The second-order valence-corrected chi connectivity index (χ2v) is 5.99. The lowest BCUT2D eigenvalue weighted by Crippen LogP contribution is -2.40. The molecule has 1 aromatic carbocycles. The van der Waals surface area contributed by atoms with Crippen molar-refractivity contribution in [2.45, 2.75) is 26.1 Å². The van der Waals surface area contributed by atoms with E-state index in [1.54, 1.807) is 0 Å². The fourth-order valence-corrected chi connectivity index (χ4v) is 2.64. The molecule has 1 aliphatic rings. The normalized spacial score (nSPS) is 18.2. The van der Waals surface area contributed by atoms with E-state index >= 15 is 0 Å². The van der Waals surface area contributed by atoms with Crippen LogP contribution in [0.4, 0.5) is 0 Å². The van der Waals surface area contributed by atoms with Crippen LogP contribution in [-0.2, 0) is 27.4 Å².